The lowest BCUT2D eigenvalue weighted by atomic mass is 9.95. The van der Waals surface area contributed by atoms with E-state index in [2.05, 4.69) is 33.8 Å². The van der Waals surface area contributed by atoms with Crippen LogP contribution in [0.2, 0.25) is 0 Å². The molecule has 2 aromatic carbocycles. The zero-order valence-corrected chi connectivity index (χ0v) is 20.7. The molecule has 1 N–H and O–H groups in total. The smallest absolute Gasteiger partial charge is 0.335 e. The first-order valence-electron chi connectivity index (χ1n) is 12.5. The number of carboxylic acid groups (broad SMARTS) is 1. The number of aromatic carboxylic acids is 1. The number of hydrogen-bond donors (Lipinski definition) is 1. The number of unbranched alkanes of at least 4 members (excludes halogenated alkanes) is 2. The zero-order chi connectivity index (χ0) is 24.7. The Kier molecular flexibility index (Phi) is 9.25. The summed E-state index contributed by atoms with van der Waals surface area (Å²) in [4.78, 5) is 25.0. The molecule has 2 unspecified atom stereocenters. The molecule has 3 rings (SSSR count). The quantitative estimate of drug-likeness (QED) is 0.211. The number of carboxylic acids is 1. The van der Waals surface area contributed by atoms with E-state index < -0.39 is 5.97 Å². The Balaban J connectivity index is 2.24. The third kappa shape index (κ3) is 5.68. The average Bonchev–Trinajstić information content (AvgIpc) is 2.84. The summed E-state index contributed by atoms with van der Waals surface area (Å²) in [6, 6.07) is 8.30. The average molecular weight is 469 g/mol. The van der Waals surface area contributed by atoms with E-state index >= 15 is 0 Å². The van der Waals surface area contributed by atoms with Gasteiger partial charge >= 0.3 is 5.97 Å². The molecule has 1 aromatic heterocycles. The van der Waals surface area contributed by atoms with Crippen LogP contribution in [0.25, 0.3) is 21.9 Å². The van der Waals surface area contributed by atoms with Crippen LogP contribution in [0.1, 0.15) is 99.9 Å². The second-order valence-corrected chi connectivity index (χ2v) is 8.68. The van der Waals surface area contributed by atoms with Crippen molar-refractivity contribution in [3.8, 4) is 0 Å². The maximum atomic E-state index is 13.6. The van der Waals surface area contributed by atoms with Gasteiger partial charge in [0.2, 0.25) is 5.43 Å². The lowest BCUT2D eigenvalue weighted by Gasteiger charge is -2.22. The van der Waals surface area contributed by atoms with Crippen molar-refractivity contribution in [3.63, 3.8) is 0 Å². The monoisotopic (exact) mass is 468 g/mol. The predicted octanol–water partition coefficient (Wildman–Crippen LogP) is 7.18. The number of fused-ring (bicyclic) bond motifs is 2. The Bertz CT molecular complexity index is 1180. The van der Waals surface area contributed by atoms with Crippen molar-refractivity contribution in [2.75, 3.05) is 13.2 Å². The highest BCUT2D eigenvalue weighted by atomic mass is 16.5. The summed E-state index contributed by atoms with van der Waals surface area (Å²) in [5.74, 6) is -1.08. The van der Waals surface area contributed by atoms with Crippen LogP contribution in [-0.2, 0) is 9.47 Å². The van der Waals surface area contributed by atoms with Gasteiger partial charge in [-0.1, -0.05) is 40.5 Å². The minimum absolute atomic E-state index is 0.0548. The van der Waals surface area contributed by atoms with Gasteiger partial charge in [-0.15, -0.1) is 0 Å². The van der Waals surface area contributed by atoms with Gasteiger partial charge in [-0.25, -0.2) is 4.79 Å². The van der Waals surface area contributed by atoms with Gasteiger partial charge in [0.1, 0.15) is 11.2 Å². The molecule has 3 aromatic rings. The van der Waals surface area contributed by atoms with E-state index in [9.17, 15) is 14.7 Å². The van der Waals surface area contributed by atoms with Gasteiger partial charge in [0.15, 0.2) is 0 Å². The Morgan fingerprint density at radius 1 is 0.912 bits per heavy atom. The molecule has 0 fully saturated rings. The van der Waals surface area contributed by atoms with Crippen molar-refractivity contribution in [3.05, 3.63) is 57.2 Å². The molecule has 0 aliphatic carbocycles. The van der Waals surface area contributed by atoms with E-state index in [1.54, 1.807) is 6.07 Å². The molecule has 184 valence electrons. The van der Waals surface area contributed by atoms with Gasteiger partial charge in [-0.2, -0.15) is 0 Å². The second-order valence-electron chi connectivity index (χ2n) is 8.68. The summed E-state index contributed by atoms with van der Waals surface area (Å²) >= 11 is 0. The molecular weight excluding hydrogens is 432 g/mol. The summed E-state index contributed by atoms with van der Waals surface area (Å²) in [6.07, 6.45) is 5.13. The summed E-state index contributed by atoms with van der Waals surface area (Å²) in [7, 11) is 0. The zero-order valence-electron chi connectivity index (χ0n) is 20.7. The number of benzene rings is 2. The van der Waals surface area contributed by atoms with Crippen molar-refractivity contribution in [1.82, 2.24) is 0 Å². The fraction of sp³-hybridized carbons (Fsp3) is 0.500. The minimum atomic E-state index is -1.08. The van der Waals surface area contributed by atoms with Crippen molar-refractivity contribution >= 4 is 27.9 Å². The Hall–Kier alpha value is -2.70. The van der Waals surface area contributed by atoms with Crippen molar-refractivity contribution in [2.45, 2.75) is 78.4 Å². The minimum Gasteiger partial charge on any atom is -0.478 e. The highest BCUT2D eigenvalue weighted by Crippen LogP contribution is 2.35. The van der Waals surface area contributed by atoms with Gasteiger partial charge < -0.3 is 19.0 Å². The molecule has 2 atom stereocenters. The van der Waals surface area contributed by atoms with E-state index in [0.29, 0.717) is 29.8 Å². The standard InChI is InChI=1S/C28H36O6/c1-5-9-13-32-23(7-3)19-16-21(24(8-4)33-14-10-6-2)27-22(17-19)26(29)20-15-18(28(30)31)11-12-25(20)34-27/h11-12,15-17,23-24H,5-10,13-14H2,1-4H3,(H,30,31). The Labute approximate surface area is 200 Å². The van der Waals surface area contributed by atoms with Gasteiger partial charge in [0.25, 0.3) is 0 Å². The molecule has 0 spiro atoms. The Morgan fingerprint density at radius 3 is 2.15 bits per heavy atom. The van der Waals surface area contributed by atoms with Crippen LogP contribution < -0.4 is 5.43 Å². The van der Waals surface area contributed by atoms with Gasteiger partial charge in [-0.05, 0) is 61.6 Å². The van der Waals surface area contributed by atoms with E-state index in [1.165, 1.54) is 12.1 Å². The molecule has 6 nitrogen and oxygen atoms in total. The van der Waals surface area contributed by atoms with Crippen molar-refractivity contribution < 1.29 is 23.8 Å². The molecule has 1 heterocycles. The summed E-state index contributed by atoms with van der Waals surface area (Å²) in [5, 5.41) is 10.1. The fourth-order valence-electron chi connectivity index (χ4n) is 4.18. The predicted molar refractivity (Wildman–Crippen MR) is 135 cm³/mol. The molecule has 6 heteroatoms. The number of carbonyl (C=O) groups is 1. The maximum absolute atomic E-state index is 13.6. The third-order valence-corrected chi connectivity index (χ3v) is 6.16. The molecular formula is C28H36O6. The number of rotatable bonds is 13. The summed E-state index contributed by atoms with van der Waals surface area (Å²) in [6.45, 7) is 9.65. The lowest BCUT2D eigenvalue weighted by Crippen LogP contribution is -2.12. The van der Waals surface area contributed by atoms with Crippen molar-refractivity contribution in [2.24, 2.45) is 0 Å². The van der Waals surface area contributed by atoms with Crippen LogP contribution in [0.15, 0.2) is 39.5 Å². The highest BCUT2D eigenvalue weighted by molar-refractivity contribution is 5.96. The first-order valence-corrected chi connectivity index (χ1v) is 12.5. The Morgan fingerprint density at radius 2 is 1.56 bits per heavy atom. The highest BCUT2D eigenvalue weighted by Gasteiger charge is 2.22. The summed E-state index contributed by atoms with van der Waals surface area (Å²) < 4.78 is 18.6. The van der Waals surface area contributed by atoms with E-state index in [1.807, 2.05) is 6.07 Å². The van der Waals surface area contributed by atoms with Crippen LogP contribution in [0.5, 0.6) is 0 Å². The van der Waals surface area contributed by atoms with Crippen LogP contribution in [0.3, 0.4) is 0 Å². The topological polar surface area (TPSA) is 86.0 Å². The third-order valence-electron chi connectivity index (χ3n) is 6.16. The molecule has 0 amide bonds. The first kappa shape index (κ1) is 25.9. The van der Waals surface area contributed by atoms with Crippen LogP contribution in [-0.4, -0.2) is 24.3 Å². The molecule has 0 aliphatic rings. The summed E-state index contributed by atoms with van der Waals surface area (Å²) in [5.41, 5.74) is 2.43. The van der Waals surface area contributed by atoms with Crippen LogP contribution in [0, 0.1) is 0 Å². The lowest BCUT2D eigenvalue weighted by molar-refractivity contribution is 0.0440. The molecule has 0 saturated heterocycles. The van der Waals surface area contributed by atoms with Crippen LogP contribution in [0.4, 0.5) is 0 Å². The normalized spacial score (nSPS) is 13.4. The number of hydrogen-bond acceptors (Lipinski definition) is 5. The molecule has 34 heavy (non-hydrogen) atoms. The van der Waals surface area contributed by atoms with E-state index in [4.69, 9.17) is 13.9 Å². The van der Waals surface area contributed by atoms with E-state index in [-0.39, 0.29) is 28.6 Å². The fourth-order valence-corrected chi connectivity index (χ4v) is 4.18. The van der Waals surface area contributed by atoms with Gasteiger partial charge in [0, 0.05) is 18.8 Å². The second kappa shape index (κ2) is 12.1. The molecule has 0 aliphatic heterocycles. The first-order chi connectivity index (χ1) is 16.4. The van der Waals surface area contributed by atoms with Gasteiger partial charge in [0.05, 0.1) is 28.5 Å². The molecule has 0 saturated carbocycles. The molecule has 0 bridgehead atoms. The van der Waals surface area contributed by atoms with Gasteiger partial charge in [-0.3, -0.25) is 4.79 Å². The molecule has 0 radical (unpaired) electrons. The van der Waals surface area contributed by atoms with Crippen LogP contribution >= 0.6 is 0 Å². The SMILES string of the molecule is CCCCOC(CC)c1cc(C(CC)OCCCC)c2oc3ccc(C(=O)O)cc3c(=O)c2c1. The number of ether oxygens (including phenoxy) is 2. The maximum Gasteiger partial charge on any atom is 0.335 e. The van der Waals surface area contributed by atoms with Crippen molar-refractivity contribution in [1.29, 1.82) is 0 Å². The largest absolute Gasteiger partial charge is 0.478 e. The van der Waals surface area contributed by atoms with E-state index in [0.717, 1.165) is 49.7 Å².